The summed E-state index contributed by atoms with van der Waals surface area (Å²) < 4.78 is 1.91. The van der Waals surface area contributed by atoms with Crippen molar-refractivity contribution in [1.29, 1.82) is 0 Å². The summed E-state index contributed by atoms with van der Waals surface area (Å²) in [7, 11) is 0. The van der Waals surface area contributed by atoms with Gasteiger partial charge in [0.1, 0.15) is 0 Å². The van der Waals surface area contributed by atoms with Crippen LogP contribution in [-0.4, -0.2) is 28.4 Å². The molecular formula is C11H17N3O. The van der Waals surface area contributed by atoms with Gasteiger partial charge in [0.2, 0.25) is 5.78 Å². The lowest BCUT2D eigenvalue weighted by Crippen LogP contribution is -2.32. The first-order valence-corrected chi connectivity index (χ1v) is 5.44. The minimum Gasteiger partial charge on any atom is -0.329 e. The van der Waals surface area contributed by atoms with E-state index in [1.165, 1.54) is 0 Å². The SMILES string of the molecule is CCn1ccnc1C(=O)C1(C)CCNC1. The lowest BCUT2D eigenvalue weighted by Gasteiger charge is -2.20. The second-order valence-corrected chi connectivity index (χ2v) is 4.35. The van der Waals surface area contributed by atoms with E-state index in [-0.39, 0.29) is 11.2 Å². The lowest BCUT2D eigenvalue weighted by molar-refractivity contribution is 0.0823. The molecule has 4 nitrogen and oxygen atoms in total. The molecule has 15 heavy (non-hydrogen) atoms. The van der Waals surface area contributed by atoms with Gasteiger partial charge in [0.05, 0.1) is 0 Å². The second kappa shape index (κ2) is 3.77. The van der Waals surface area contributed by atoms with E-state index >= 15 is 0 Å². The summed E-state index contributed by atoms with van der Waals surface area (Å²) in [6.45, 7) is 6.53. The summed E-state index contributed by atoms with van der Waals surface area (Å²) in [6, 6.07) is 0. The maximum absolute atomic E-state index is 12.3. The van der Waals surface area contributed by atoms with Gasteiger partial charge in [0.15, 0.2) is 5.82 Å². The highest BCUT2D eigenvalue weighted by Crippen LogP contribution is 2.28. The molecule has 0 spiro atoms. The third-order valence-corrected chi connectivity index (χ3v) is 3.18. The minimum absolute atomic E-state index is 0.166. The minimum atomic E-state index is -0.266. The predicted molar refractivity (Wildman–Crippen MR) is 57.8 cm³/mol. The van der Waals surface area contributed by atoms with Crippen molar-refractivity contribution in [2.45, 2.75) is 26.8 Å². The van der Waals surface area contributed by atoms with Crippen LogP contribution in [0.3, 0.4) is 0 Å². The van der Waals surface area contributed by atoms with Crippen LogP contribution in [0.25, 0.3) is 0 Å². The van der Waals surface area contributed by atoms with Gasteiger partial charge in [-0.3, -0.25) is 4.79 Å². The van der Waals surface area contributed by atoms with Crippen LogP contribution in [0.1, 0.15) is 30.9 Å². The van der Waals surface area contributed by atoms with Gasteiger partial charge in [0, 0.05) is 30.9 Å². The van der Waals surface area contributed by atoms with Crippen LogP contribution in [0, 0.1) is 5.41 Å². The fraction of sp³-hybridized carbons (Fsp3) is 0.636. The Bertz CT molecular complexity index is 364. The summed E-state index contributed by atoms with van der Waals surface area (Å²) in [5.41, 5.74) is -0.266. The average molecular weight is 207 g/mol. The van der Waals surface area contributed by atoms with Crippen LogP contribution >= 0.6 is 0 Å². The molecule has 2 rings (SSSR count). The number of hydrogen-bond donors (Lipinski definition) is 1. The number of ketones is 1. The molecule has 1 atom stereocenters. The number of imidazole rings is 1. The van der Waals surface area contributed by atoms with Crippen molar-refractivity contribution in [1.82, 2.24) is 14.9 Å². The van der Waals surface area contributed by atoms with Crippen LogP contribution < -0.4 is 5.32 Å². The van der Waals surface area contributed by atoms with Gasteiger partial charge >= 0.3 is 0 Å². The number of carbonyl (C=O) groups is 1. The molecule has 0 saturated carbocycles. The van der Waals surface area contributed by atoms with Crippen molar-refractivity contribution in [3.8, 4) is 0 Å². The molecule has 82 valence electrons. The first-order chi connectivity index (χ1) is 7.17. The third kappa shape index (κ3) is 1.69. The molecule has 1 aliphatic heterocycles. The number of aryl methyl sites for hydroxylation is 1. The van der Waals surface area contributed by atoms with E-state index in [1.54, 1.807) is 6.20 Å². The summed E-state index contributed by atoms with van der Waals surface area (Å²) in [4.78, 5) is 16.4. The molecule has 1 N–H and O–H groups in total. The van der Waals surface area contributed by atoms with Gasteiger partial charge in [-0.05, 0) is 19.9 Å². The summed E-state index contributed by atoms with van der Waals surface area (Å²) >= 11 is 0. The van der Waals surface area contributed by atoms with E-state index in [4.69, 9.17) is 0 Å². The highest BCUT2D eigenvalue weighted by molar-refractivity contribution is 5.97. The molecule has 2 heterocycles. The lowest BCUT2D eigenvalue weighted by atomic mass is 9.84. The van der Waals surface area contributed by atoms with Gasteiger partial charge in [-0.25, -0.2) is 4.98 Å². The van der Waals surface area contributed by atoms with E-state index in [1.807, 2.05) is 24.6 Å². The van der Waals surface area contributed by atoms with Crippen molar-refractivity contribution in [3.05, 3.63) is 18.2 Å². The van der Waals surface area contributed by atoms with Gasteiger partial charge < -0.3 is 9.88 Å². The summed E-state index contributed by atoms with van der Waals surface area (Å²) in [6.07, 6.45) is 4.46. The highest BCUT2D eigenvalue weighted by atomic mass is 16.1. The molecule has 0 bridgehead atoms. The first-order valence-electron chi connectivity index (χ1n) is 5.44. The smallest absolute Gasteiger partial charge is 0.205 e. The van der Waals surface area contributed by atoms with Gasteiger partial charge in [0.25, 0.3) is 0 Å². The Kier molecular flexibility index (Phi) is 2.61. The Morgan fingerprint density at radius 1 is 1.73 bits per heavy atom. The number of hydrogen-bond acceptors (Lipinski definition) is 3. The van der Waals surface area contributed by atoms with Crippen molar-refractivity contribution < 1.29 is 4.79 Å². The number of Topliss-reactive ketones (excluding diaryl/α,β-unsaturated/α-hetero) is 1. The highest BCUT2D eigenvalue weighted by Gasteiger charge is 2.38. The van der Waals surface area contributed by atoms with E-state index in [0.717, 1.165) is 26.1 Å². The monoisotopic (exact) mass is 207 g/mol. The Hall–Kier alpha value is -1.16. The maximum atomic E-state index is 12.3. The molecule has 0 aromatic carbocycles. The molecule has 0 aliphatic carbocycles. The molecule has 1 unspecified atom stereocenters. The van der Waals surface area contributed by atoms with E-state index < -0.39 is 0 Å². The van der Waals surface area contributed by atoms with Crippen LogP contribution in [0.4, 0.5) is 0 Å². The first kappa shape index (κ1) is 10.4. The van der Waals surface area contributed by atoms with Crippen LogP contribution in [0.5, 0.6) is 0 Å². The maximum Gasteiger partial charge on any atom is 0.205 e. The van der Waals surface area contributed by atoms with Gasteiger partial charge in [-0.1, -0.05) is 6.92 Å². The van der Waals surface area contributed by atoms with Crippen molar-refractivity contribution in [3.63, 3.8) is 0 Å². The molecule has 4 heteroatoms. The topological polar surface area (TPSA) is 46.9 Å². The van der Waals surface area contributed by atoms with E-state index in [9.17, 15) is 4.79 Å². The molecule has 1 aromatic rings. The Balaban J connectivity index is 2.27. The number of nitrogens with one attached hydrogen (secondary N) is 1. The fourth-order valence-corrected chi connectivity index (χ4v) is 2.05. The Morgan fingerprint density at radius 2 is 2.53 bits per heavy atom. The van der Waals surface area contributed by atoms with Crippen LogP contribution in [-0.2, 0) is 6.54 Å². The summed E-state index contributed by atoms with van der Waals surface area (Å²) in [5, 5.41) is 3.24. The predicted octanol–water partition coefficient (Wildman–Crippen LogP) is 1.09. The number of carbonyl (C=O) groups excluding carboxylic acids is 1. The summed E-state index contributed by atoms with van der Waals surface area (Å²) in [5.74, 6) is 0.767. The molecule has 1 aromatic heterocycles. The molecule has 1 aliphatic rings. The van der Waals surface area contributed by atoms with E-state index in [0.29, 0.717) is 5.82 Å². The zero-order valence-electron chi connectivity index (χ0n) is 9.29. The zero-order chi connectivity index (χ0) is 10.9. The number of rotatable bonds is 3. The number of nitrogens with zero attached hydrogens (tertiary/aromatic N) is 2. The standard InChI is InChI=1S/C11H17N3O/c1-3-14-7-6-13-10(14)9(15)11(2)4-5-12-8-11/h6-7,12H,3-5,8H2,1-2H3. The van der Waals surface area contributed by atoms with Crippen LogP contribution in [0.2, 0.25) is 0 Å². The number of aromatic nitrogens is 2. The van der Waals surface area contributed by atoms with Gasteiger partial charge in [-0.15, -0.1) is 0 Å². The van der Waals surface area contributed by atoms with Crippen LogP contribution in [0.15, 0.2) is 12.4 Å². The van der Waals surface area contributed by atoms with E-state index in [2.05, 4.69) is 10.3 Å². The zero-order valence-corrected chi connectivity index (χ0v) is 9.29. The van der Waals surface area contributed by atoms with Crippen molar-refractivity contribution >= 4 is 5.78 Å². The Labute approximate surface area is 89.7 Å². The Morgan fingerprint density at radius 3 is 3.13 bits per heavy atom. The second-order valence-electron chi connectivity index (χ2n) is 4.35. The average Bonchev–Trinajstić information content (AvgIpc) is 2.85. The molecule has 1 saturated heterocycles. The van der Waals surface area contributed by atoms with Gasteiger partial charge in [-0.2, -0.15) is 0 Å². The molecule has 0 amide bonds. The molecule has 1 fully saturated rings. The largest absolute Gasteiger partial charge is 0.329 e. The molecular weight excluding hydrogens is 190 g/mol. The normalized spacial score (nSPS) is 25.7. The van der Waals surface area contributed by atoms with Crippen molar-refractivity contribution in [2.24, 2.45) is 5.41 Å². The van der Waals surface area contributed by atoms with Crippen molar-refractivity contribution in [2.75, 3.05) is 13.1 Å². The third-order valence-electron chi connectivity index (χ3n) is 3.18. The molecule has 0 radical (unpaired) electrons. The quantitative estimate of drug-likeness (QED) is 0.755. The fourth-order valence-electron chi connectivity index (χ4n) is 2.05.